The SMILES string of the molecule is CC(C)CNCC(Cc1ccc2c(c1)CCC2)C(C)(C)C. The van der Waals surface area contributed by atoms with E-state index < -0.39 is 0 Å². The number of rotatable bonds is 6. The minimum atomic E-state index is 0.350. The zero-order valence-corrected chi connectivity index (χ0v) is 14.6. The maximum atomic E-state index is 3.66. The maximum Gasteiger partial charge on any atom is -0.00122 e. The molecule has 1 aliphatic rings. The molecule has 0 heterocycles. The summed E-state index contributed by atoms with van der Waals surface area (Å²) >= 11 is 0. The third-order valence-corrected chi connectivity index (χ3v) is 4.81. The monoisotopic (exact) mass is 287 g/mol. The third-order valence-electron chi connectivity index (χ3n) is 4.81. The Bertz CT molecular complexity index is 453. The van der Waals surface area contributed by atoms with Crippen molar-refractivity contribution in [2.45, 2.75) is 60.3 Å². The Kier molecular flexibility index (Phi) is 5.48. The molecule has 1 atom stereocenters. The Morgan fingerprint density at radius 1 is 1.05 bits per heavy atom. The van der Waals surface area contributed by atoms with Crippen molar-refractivity contribution in [2.24, 2.45) is 17.3 Å². The van der Waals surface area contributed by atoms with Gasteiger partial charge in [0.25, 0.3) is 0 Å². The van der Waals surface area contributed by atoms with Crippen LogP contribution in [0.2, 0.25) is 0 Å². The largest absolute Gasteiger partial charge is 0.316 e. The number of nitrogens with one attached hydrogen (secondary N) is 1. The average molecular weight is 287 g/mol. The fourth-order valence-corrected chi connectivity index (χ4v) is 3.27. The van der Waals surface area contributed by atoms with Crippen molar-refractivity contribution in [1.82, 2.24) is 5.32 Å². The minimum Gasteiger partial charge on any atom is -0.316 e. The van der Waals surface area contributed by atoms with Crippen LogP contribution < -0.4 is 5.32 Å². The van der Waals surface area contributed by atoms with Crippen LogP contribution in [0.1, 0.15) is 57.7 Å². The molecule has 0 radical (unpaired) electrons. The fourth-order valence-electron chi connectivity index (χ4n) is 3.27. The highest BCUT2D eigenvalue weighted by atomic mass is 14.9. The summed E-state index contributed by atoms with van der Waals surface area (Å²) in [5.41, 5.74) is 5.07. The van der Waals surface area contributed by atoms with Gasteiger partial charge in [0.15, 0.2) is 0 Å². The van der Waals surface area contributed by atoms with Crippen LogP contribution in [-0.4, -0.2) is 13.1 Å². The number of fused-ring (bicyclic) bond motifs is 1. The van der Waals surface area contributed by atoms with Crippen LogP contribution in [0.4, 0.5) is 0 Å². The van der Waals surface area contributed by atoms with Crippen LogP contribution in [0, 0.1) is 17.3 Å². The molecule has 0 fully saturated rings. The van der Waals surface area contributed by atoms with Gasteiger partial charge in [0, 0.05) is 0 Å². The topological polar surface area (TPSA) is 12.0 Å². The summed E-state index contributed by atoms with van der Waals surface area (Å²) in [4.78, 5) is 0. The summed E-state index contributed by atoms with van der Waals surface area (Å²) in [6, 6.07) is 7.22. The molecule has 1 heteroatoms. The number of benzene rings is 1. The highest BCUT2D eigenvalue weighted by Crippen LogP contribution is 2.30. The highest BCUT2D eigenvalue weighted by molar-refractivity contribution is 5.35. The minimum absolute atomic E-state index is 0.350. The van der Waals surface area contributed by atoms with Gasteiger partial charge in [-0.1, -0.05) is 52.8 Å². The maximum absolute atomic E-state index is 3.66. The first kappa shape index (κ1) is 16.5. The summed E-state index contributed by atoms with van der Waals surface area (Å²) in [5.74, 6) is 1.42. The van der Waals surface area contributed by atoms with Gasteiger partial charge < -0.3 is 5.32 Å². The Balaban J connectivity index is 2.01. The first-order chi connectivity index (χ1) is 9.86. The van der Waals surface area contributed by atoms with Crippen LogP contribution in [0.5, 0.6) is 0 Å². The van der Waals surface area contributed by atoms with Gasteiger partial charge in [-0.05, 0) is 72.7 Å². The number of aryl methyl sites for hydroxylation is 2. The van der Waals surface area contributed by atoms with E-state index in [1.54, 1.807) is 11.1 Å². The van der Waals surface area contributed by atoms with E-state index in [4.69, 9.17) is 0 Å². The van der Waals surface area contributed by atoms with E-state index >= 15 is 0 Å². The molecule has 1 unspecified atom stereocenters. The van der Waals surface area contributed by atoms with Gasteiger partial charge >= 0.3 is 0 Å². The van der Waals surface area contributed by atoms with Gasteiger partial charge in [0.2, 0.25) is 0 Å². The second-order valence-corrected chi connectivity index (χ2v) is 8.28. The van der Waals surface area contributed by atoms with Gasteiger partial charge in [-0.25, -0.2) is 0 Å². The normalized spacial score (nSPS) is 16.3. The molecule has 0 amide bonds. The lowest BCUT2D eigenvalue weighted by molar-refractivity contribution is 0.228. The summed E-state index contributed by atoms with van der Waals surface area (Å²) in [6.45, 7) is 13.9. The average Bonchev–Trinajstić information content (AvgIpc) is 2.83. The van der Waals surface area contributed by atoms with E-state index in [0.717, 1.165) is 19.0 Å². The van der Waals surface area contributed by atoms with Crippen LogP contribution >= 0.6 is 0 Å². The zero-order valence-electron chi connectivity index (χ0n) is 14.6. The number of hydrogen-bond acceptors (Lipinski definition) is 1. The molecule has 0 spiro atoms. The summed E-state index contributed by atoms with van der Waals surface area (Å²) in [7, 11) is 0. The molecule has 1 nitrogen and oxygen atoms in total. The molecule has 1 N–H and O–H groups in total. The van der Waals surface area contributed by atoms with E-state index in [9.17, 15) is 0 Å². The van der Waals surface area contributed by atoms with Crippen LogP contribution in [0.25, 0.3) is 0 Å². The van der Waals surface area contributed by atoms with Gasteiger partial charge in [-0.3, -0.25) is 0 Å². The summed E-state index contributed by atoms with van der Waals surface area (Å²) in [6.07, 6.45) is 5.11. The van der Waals surface area contributed by atoms with Crippen molar-refractivity contribution in [3.05, 3.63) is 34.9 Å². The molecular formula is C20H33N. The predicted molar refractivity (Wildman–Crippen MR) is 92.8 cm³/mol. The first-order valence-corrected chi connectivity index (χ1v) is 8.67. The number of hydrogen-bond donors (Lipinski definition) is 1. The van der Waals surface area contributed by atoms with Crippen molar-refractivity contribution >= 4 is 0 Å². The van der Waals surface area contributed by atoms with E-state index in [0.29, 0.717) is 11.3 Å². The lowest BCUT2D eigenvalue weighted by atomic mass is 9.77. The molecule has 0 aromatic heterocycles. The molecule has 2 rings (SSSR count). The fraction of sp³-hybridized carbons (Fsp3) is 0.700. The standard InChI is InChI=1S/C20H33N/c1-15(2)13-21-14-19(20(3,4)5)12-16-9-10-17-7-6-8-18(17)11-16/h9-11,15,19,21H,6-8,12-14H2,1-5H3. The quantitative estimate of drug-likeness (QED) is 0.804. The van der Waals surface area contributed by atoms with Gasteiger partial charge in [0.05, 0.1) is 0 Å². The van der Waals surface area contributed by atoms with Crippen LogP contribution in [0.15, 0.2) is 18.2 Å². The zero-order chi connectivity index (χ0) is 15.5. The van der Waals surface area contributed by atoms with Crippen molar-refractivity contribution in [2.75, 3.05) is 13.1 Å². The van der Waals surface area contributed by atoms with E-state index in [1.165, 1.54) is 31.2 Å². The molecule has 1 aromatic rings. The third kappa shape index (κ3) is 4.85. The molecule has 1 aliphatic carbocycles. The van der Waals surface area contributed by atoms with Gasteiger partial charge in [0.1, 0.15) is 0 Å². The second-order valence-electron chi connectivity index (χ2n) is 8.28. The Morgan fingerprint density at radius 3 is 2.43 bits per heavy atom. The second kappa shape index (κ2) is 6.96. The van der Waals surface area contributed by atoms with E-state index in [-0.39, 0.29) is 0 Å². The van der Waals surface area contributed by atoms with Crippen molar-refractivity contribution < 1.29 is 0 Å². The van der Waals surface area contributed by atoms with Crippen molar-refractivity contribution in [1.29, 1.82) is 0 Å². The molecule has 0 bridgehead atoms. The predicted octanol–water partition coefficient (Wildman–Crippen LogP) is 4.63. The molecule has 0 saturated heterocycles. The van der Waals surface area contributed by atoms with Crippen molar-refractivity contribution in [3.63, 3.8) is 0 Å². The van der Waals surface area contributed by atoms with E-state index in [1.807, 2.05) is 0 Å². The Hall–Kier alpha value is -0.820. The Morgan fingerprint density at radius 2 is 1.76 bits per heavy atom. The molecule has 21 heavy (non-hydrogen) atoms. The Labute approximate surface area is 131 Å². The highest BCUT2D eigenvalue weighted by Gasteiger charge is 2.25. The lowest BCUT2D eigenvalue weighted by Gasteiger charge is -2.31. The smallest absolute Gasteiger partial charge is 0.00122 e. The molecule has 118 valence electrons. The van der Waals surface area contributed by atoms with Crippen LogP contribution in [-0.2, 0) is 19.3 Å². The lowest BCUT2D eigenvalue weighted by Crippen LogP contribution is -2.35. The van der Waals surface area contributed by atoms with Crippen LogP contribution in [0.3, 0.4) is 0 Å². The van der Waals surface area contributed by atoms with Crippen molar-refractivity contribution in [3.8, 4) is 0 Å². The van der Waals surface area contributed by atoms with Gasteiger partial charge in [-0.2, -0.15) is 0 Å². The summed E-state index contributed by atoms with van der Waals surface area (Å²) in [5, 5.41) is 3.66. The van der Waals surface area contributed by atoms with Gasteiger partial charge in [-0.15, -0.1) is 0 Å². The first-order valence-electron chi connectivity index (χ1n) is 8.67. The van der Waals surface area contributed by atoms with E-state index in [2.05, 4.69) is 58.1 Å². The molecule has 0 aliphatic heterocycles. The molecular weight excluding hydrogens is 254 g/mol. The summed E-state index contributed by atoms with van der Waals surface area (Å²) < 4.78 is 0. The molecule has 0 saturated carbocycles. The molecule has 1 aromatic carbocycles.